The van der Waals surface area contributed by atoms with Crippen molar-refractivity contribution in [2.45, 2.75) is 0 Å². The van der Waals surface area contributed by atoms with Crippen LogP contribution in [0.15, 0.2) is 207 Å². The molecular weight excluding hydrogens is 685 g/mol. The Morgan fingerprint density at radius 1 is 0.393 bits per heavy atom. The van der Waals surface area contributed by atoms with Gasteiger partial charge in [-0.05, 0) is 97.1 Å². The first-order valence-corrected chi connectivity index (χ1v) is 19.0. The van der Waals surface area contributed by atoms with Gasteiger partial charge in [-0.25, -0.2) is 4.98 Å². The zero-order valence-corrected chi connectivity index (χ0v) is 30.5. The minimum absolute atomic E-state index is 0.740. The van der Waals surface area contributed by atoms with E-state index >= 15 is 0 Å². The summed E-state index contributed by atoms with van der Waals surface area (Å²) in [6.07, 6.45) is 6.19. The van der Waals surface area contributed by atoms with E-state index in [1.165, 1.54) is 38.3 Å². The highest BCUT2D eigenvalue weighted by Crippen LogP contribution is 2.45. The normalized spacial score (nSPS) is 12.8. The summed E-state index contributed by atoms with van der Waals surface area (Å²) in [7, 11) is 0. The molecule has 0 atom stereocenters. The van der Waals surface area contributed by atoms with Gasteiger partial charge in [0, 0.05) is 74.3 Å². The van der Waals surface area contributed by atoms with Gasteiger partial charge >= 0.3 is 0 Å². The first-order chi connectivity index (χ1) is 27.8. The van der Waals surface area contributed by atoms with Crippen molar-refractivity contribution in [3.8, 4) is 11.5 Å². The van der Waals surface area contributed by atoms with Crippen molar-refractivity contribution < 1.29 is 0 Å². The van der Waals surface area contributed by atoms with Gasteiger partial charge in [0.15, 0.2) is 0 Å². The number of hydrogen-bond acceptors (Lipinski definition) is 4. The predicted octanol–water partition coefficient (Wildman–Crippen LogP) is 12.5. The summed E-state index contributed by atoms with van der Waals surface area (Å²) in [5.74, 6) is 0.882. The highest BCUT2D eigenvalue weighted by molar-refractivity contribution is 6.29. The molecule has 10 aromatic rings. The number of pyridine rings is 1. The summed E-state index contributed by atoms with van der Waals surface area (Å²) < 4.78 is 4.72. The third kappa shape index (κ3) is 5.15. The number of nitrogens with zero attached hydrogens (tertiary/aromatic N) is 6. The molecule has 0 bridgehead atoms. The maximum absolute atomic E-state index is 4.92. The second kappa shape index (κ2) is 13.1. The second-order valence-corrected chi connectivity index (χ2v) is 14.2. The maximum atomic E-state index is 4.92. The van der Waals surface area contributed by atoms with E-state index in [1.807, 2.05) is 12.3 Å². The van der Waals surface area contributed by atoms with Gasteiger partial charge in [-0.1, -0.05) is 91.0 Å². The van der Waals surface area contributed by atoms with Crippen molar-refractivity contribution in [2.75, 3.05) is 21.4 Å². The van der Waals surface area contributed by atoms with Crippen LogP contribution in [0.25, 0.3) is 55.1 Å². The Kier molecular flexibility index (Phi) is 7.45. The fourth-order valence-electron chi connectivity index (χ4n) is 8.49. The quantitative estimate of drug-likeness (QED) is 0.164. The summed E-state index contributed by atoms with van der Waals surface area (Å²) in [6, 6.07) is 67.0. The van der Waals surface area contributed by atoms with E-state index < -0.39 is 0 Å². The molecule has 1 aliphatic rings. The van der Waals surface area contributed by atoms with Crippen molar-refractivity contribution in [3.05, 3.63) is 207 Å². The monoisotopic (exact) mass is 720 g/mol. The predicted molar refractivity (Wildman–Crippen MR) is 233 cm³/mol. The van der Waals surface area contributed by atoms with Gasteiger partial charge in [-0.2, -0.15) is 0 Å². The number of aromatic nitrogens is 3. The zero-order chi connectivity index (χ0) is 37.0. The molecule has 266 valence electrons. The first kappa shape index (κ1) is 31.9. The second-order valence-electron chi connectivity index (χ2n) is 14.2. The van der Waals surface area contributed by atoms with Crippen LogP contribution < -0.4 is 14.7 Å². The van der Waals surface area contributed by atoms with Crippen molar-refractivity contribution >= 4 is 72.0 Å². The van der Waals surface area contributed by atoms with Crippen LogP contribution in [-0.4, -0.2) is 20.8 Å². The van der Waals surface area contributed by atoms with Gasteiger partial charge < -0.3 is 19.3 Å². The molecule has 0 saturated heterocycles. The number of para-hydroxylation sites is 4. The van der Waals surface area contributed by atoms with Crippen LogP contribution in [0.5, 0.6) is 0 Å². The highest BCUT2D eigenvalue weighted by atomic mass is 15.3. The Morgan fingerprint density at radius 2 is 0.982 bits per heavy atom. The number of anilines is 5. The minimum Gasteiger partial charge on any atom is -0.328 e. The fourth-order valence-corrected chi connectivity index (χ4v) is 8.49. The van der Waals surface area contributed by atoms with Crippen LogP contribution in [0.4, 0.5) is 28.4 Å². The van der Waals surface area contributed by atoms with Crippen molar-refractivity contribution in [3.63, 3.8) is 0 Å². The summed E-state index contributed by atoms with van der Waals surface area (Å²) in [5, 5.41) is 4.87. The van der Waals surface area contributed by atoms with E-state index in [0.717, 1.165) is 52.0 Å². The molecule has 0 fully saturated rings. The molecule has 1 aliphatic heterocycles. The molecule has 0 spiro atoms. The van der Waals surface area contributed by atoms with E-state index in [0.29, 0.717) is 0 Å². The van der Waals surface area contributed by atoms with E-state index in [1.54, 1.807) is 0 Å². The maximum Gasteiger partial charge on any atom is 0.137 e. The molecule has 11 rings (SSSR count). The molecular formula is C50H36N6. The number of fused-ring (bicyclic) bond motifs is 7. The summed E-state index contributed by atoms with van der Waals surface area (Å²) in [4.78, 5) is 11.8. The van der Waals surface area contributed by atoms with Crippen LogP contribution in [0, 0.1) is 0 Å². The SMILES string of the molecule is C1=CN(c2cccc(N(c3ccccc3)c3ccc4c5c6c7ccccc7n(-c7ccccc7)c6ccc5n(-c5ccccn5)c4c3)c2)CN1c1ccccc1. The molecule has 56 heavy (non-hydrogen) atoms. The number of hydrogen-bond donors (Lipinski definition) is 0. The van der Waals surface area contributed by atoms with Crippen molar-refractivity contribution in [2.24, 2.45) is 0 Å². The molecule has 6 heteroatoms. The standard InChI is InChI=1S/C50H36N6/c1-4-15-36(16-5-1)52-31-32-53(35-52)39-21-14-22-40(33-39)54(37-17-6-2-7-18-37)41-26-27-43-47(34-41)56(48-25-12-13-30-51-48)46-29-28-45-49(50(43)46)42-23-10-11-24-44(42)55(45)38-19-8-3-9-20-38/h1-34H,35H2. The zero-order valence-electron chi connectivity index (χ0n) is 30.5. The molecule has 0 radical (unpaired) electrons. The minimum atomic E-state index is 0.740. The lowest BCUT2D eigenvalue weighted by atomic mass is 10.0. The highest BCUT2D eigenvalue weighted by Gasteiger charge is 2.23. The molecule has 0 amide bonds. The summed E-state index contributed by atoms with van der Waals surface area (Å²) in [6.45, 7) is 0.740. The fraction of sp³-hybridized carbons (Fsp3) is 0.0200. The van der Waals surface area contributed by atoms with Gasteiger partial charge in [-0.15, -0.1) is 0 Å². The van der Waals surface area contributed by atoms with E-state index in [2.05, 4.69) is 218 Å². The Bertz CT molecular complexity index is 3060. The topological polar surface area (TPSA) is 32.5 Å². The lowest BCUT2D eigenvalue weighted by molar-refractivity contribution is 0.975. The largest absolute Gasteiger partial charge is 0.328 e. The lowest BCUT2D eigenvalue weighted by Gasteiger charge is -2.27. The van der Waals surface area contributed by atoms with Crippen LogP contribution in [0.3, 0.4) is 0 Å². The third-order valence-corrected chi connectivity index (χ3v) is 11.0. The van der Waals surface area contributed by atoms with Gasteiger partial charge in [0.05, 0.1) is 28.7 Å². The van der Waals surface area contributed by atoms with Gasteiger partial charge in [0.2, 0.25) is 0 Å². The van der Waals surface area contributed by atoms with Crippen LogP contribution in [-0.2, 0) is 0 Å². The Morgan fingerprint density at radius 3 is 1.73 bits per heavy atom. The Hall–Kier alpha value is -7.57. The van der Waals surface area contributed by atoms with E-state index in [-0.39, 0.29) is 0 Å². The number of benzene rings is 7. The van der Waals surface area contributed by atoms with Gasteiger partial charge in [0.25, 0.3) is 0 Å². The lowest BCUT2D eigenvalue weighted by Crippen LogP contribution is -2.24. The smallest absolute Gasteiger partial charge is 0.137 e. The van der Waals surface area contributed by atoms with Gasteiger partial charge in [-0.3, -0.25) is 4.57 Å². The van der Waals surface area contributed by atoms with Crippen LogP contribution >= 0.6 is 0 Å². The average Bonchev–Trinajstić information content (AvgIpc) is 3.98. The summed E-state index contributed by atoms with van der Waals surface area (Å²) >= 11 is 0. The van der Waals surface area contributed by atoms with Crippen LogP contribution in [0.1, 0.15) is 0 Å². The van der Waals surface area contributed by atoms with Crippen molar-refractivity contribution in [1.29, 1.82) is 0 Å². The van der Waals surface area contributed by atoms with E-state index in [4.69, 9.17) is 4.98 Å². The molecule has 7 aromatic carbocycles. The average molecular weight is 721 g/mol. The molecule has 6 nitrogen and oxygen atoms in total. The molecule has 3 aromatic heterocycles. The number of rotatable bonds is 7. The molecule has 0 aliphatic carbocycles. The molecule has 0 unspecified atom stereocenters. The Labute approximate surface area is 324 Å². The third-order valence-electron chi connectivity index (χ3n) is 11.0. The molecule has 0 saturated carbocycles. The molecule has 0 N–H and O–H groups in total. The van der Waals surface area contributed by atoms with Gasteiger partial charge in [0.1, 0.15) is 5.82 Å². The van der Waals surface area contributed by atoms with Crippen molar-refractivity contribution in [1.82, 2.24) is 14.1 Å². The van der Waals surface area contributed by atoms with E-state index in [9.17, 15) is 0 Å². The summed E-state index contributed by atoms with van der Waals surface area (Å²) in [5.41, 5.74) is 11.2. The molecule has 4 heterocycles. The van der Waals surface area contributed by atoms with Crippen LogP contribution in [0.2, 0.25) is 0 Å². The first-order valence-electron chi connectivity index (χ1n) is 19.0. The Balaban J connectivity index is 1.12.